The molecule has 0 N–H and O–H groups in total. The van der Waals surface area contributed by atoms with E-state index in [9.17, 15) is 4.79 Å². The van der Waals surface area contributed by atoms with Crippen LogP contribution >= 0.6 is 24.0 Å². The largest absolute Gasteiger partial charge is 0.497 e. The van der Waals surface area contributed by atoms with Crippen molar-refractivity contribution < 1.29 is 9.53 Å². The van der Waals surface area contributed by atoms with Gasteiger partial charge >= 0.3 is 0 Å². The number of nitrogens with zero attached hydrogens (tertiary/aromatic N) is 2. The lowest BCUT2D eigenvalue weighted by Gasteiger charge is -2.05. The van der Waals surface area contributed by atoms with Gasteiger partial charge in [-0.15, -0.1) is 0 Å². The number of carbonyl (C=O) groups excluding carboxylic acids is 1. The molecule has 0 saturated carbocycles. The molecule has 0 aliphatic carbocycles. The average molecular weight is 354 g/mol. The minimum absolute atomic E-state index is 0.215. The first-order valence-electron chi connectivity index (χ1n) is 7.18. The van der Waals surface area contributed by atoms with Gasteiger partial charge in [-0.2, -0.15) is 10.1 Å². The summed E-state index contributed by atoms with van der Waals surface area (Å²) in [6, 6.07) is 17.0. The van der Waals surface area contributed by atoms with Gasteiger partial charge in [0.15, 0.2) is 4.32 Å². The van der Waals surface area contributed by atoms with E-state index < -0.39 is 0 Å². The molecule has 1 aliphatic heterocycles. The summed E-state index contributed by atoms with van der Waals surface area (Å²) in [6.07, 6.45) is 3.43. The molecule has 6 heteroatoms. The van der Waals surface area contributed by atoms with E-state index in [1.54, 1.807) is 19.4 Å². The molecular formula is C18H14N2O2S2. The summed E-state index contributed by atoms with van der Waals surface area (Å²) in [5, 5.41) is 5.46. The maximum Gasteiger partial charge on any atom is 0.286 e. The Hall–Kier alpha value is -2.44. The van der Waals surface area contributed by atoms with Crippen LogP contribution in [0.25, 0.3) is 6.08 Å². The molecular weight excluding hydrogens is 340 g/mol. The average Bonchev–Trinajstić information content (AvgIpc) is 2.88. The molecule has 1 aliphatic rings. The van der Waals surface area contributed by atoms with E-state index in [1.807, 2.05) is 54.6 Å². The van der Waals surface area contributed by atoms with Crippen molar-refractivity contribution >= 4 is 46.5 Å². The van der Waals surface area contributed by atoms with Crippen molar-refractivity contribution in [2.24, 2.45) is 5.10 Å². The van der Waals surface area contributed by atoms with Crippen LogP contribution in [0.5, 0.6) is 5.75 Å². The second kappa shape index (κ2) is 7.42. The molecule has 4 nitrogen and oxygen atoms in total. The number of rotatable bonds is 4. The van der Waals surface area contributed by atoms with Crippen LogP contribution in [0.3, 0.4) is 0 Å². The summed E-state index contributed by atoms with van der Waals surface area (Å²) in [4.78, 5) is 13.0. The number of benzene rings is 2. The molecule has 1 heterocycles. The minimum atomic E-state index is -0.215. The van der Waals surface area contributed by atoms with Crippen LogP contribution in [0.15, 0.2) is 64.6 Å². The zero-order valence-electron chi connectivity index (χ0n) is 12.9. The standard InChI is InChI=1S/C18H14N2O2S2/c1-22-15-9-7-13(8-10-15)11-16-17(21)20(18(23)24-16)19-12-14-5-3-2-4-6-14/h2-12H,1H3. The van der Waals surface area contributed by atoms with Gasteiger partial charge in [-0.1, -0.05) is 54.2 Å². The van der Waals surface area contributed by atoms with E-state index in [4.69, 9.17) is 17.0 Å². The first-order valence-corrected chi connectivity index (χ1v) is 8.41. The summed E-state index contributed by atoms with van der Waals surface area (Å²) >= 11 is 6.50. The molecule has 0 bridgehead atoms. The van der Waals surface area contributed by atoms with Crippen molar-refractivity contribution in [3.8, 4) is 5.75 Å². The Morgan fingerprint density at radius 3 is 2.46 bits per heavy atom. The third kappa shape index (κ3) is 3.72. The Labute approximate surface area is 149 Å². The molecule has 1 amide bonds. The van der Waals surface area contributed by atoms with Crippen LogP contribution in [0.4, 0.5) is 0 Å². The van der Waals surface area contributed by atoms with E-state index in [0.29, 0.717) is 9.23 Å². The van der Waals surface area contributed by atoms with Crippen LogP contribution in [0, 0.1) is 0 Å². The normalized spacial score (nSPS) is 16.4. The lowest BCUT2D eigenvalue weighted by Crippen LogP contribution is -2.22. The quantitative estimate of drug-likeness (QED) is 0.474. The molecule has 24 heavy (non-hydrogen) atoms. The number of hydrogen-bond acceptors (Lipinski definition) is 5. The summed E-state index contributed by atoms with van der Waals surface area (Å²) in [5.74, 6) is 0.556. The van der Waals surface area contributed by atoms with Crippen LogP contribution in [0.2, 0.25) is 0 Å². The molecule has 1 fully saturated rings. The summed E-state index contributed by atoms with van der Waals surface area (Å²) in [6.45, 7) is 0. The van der Waals surface area contributed by atoms with Crippen LogP contribution in [0.1, 0.15) is 11.1 Å². The number of methoxy groups -OCH3 is 1. The molecule has 0 unspecified atom stereocenters. The van der Waals surface area contributed by atoms with Crippen LogP contribution < -0.4 is 4.74 Å². The van der Waals surface area contributed by atoms with Crippen molar-refractivity contribution in [3.63, 3.8) is 0 Å². The van der Waals surface area contributed by atoms with Crippen molar-refractivity contribution in [3.05, 3.63) is 70.6 Å². The SMILES string of the molecule is COc1ccc(C=C2SC(=S)N(N=Cc3ccccc3)C2=O)cc1. The Balaban J connectivity index is 1.78. The number of carbonyl (C=O) groups is 1. The summed E-state index contributed by atoms with van der Waals surface area (Å²) in [7, 11) is 1.62. The van der Waals surface area contributed by atoms with Gasteiger partial charge in [0.05, 0.1) is 18.2 Å². The zero-order chi connectivity index (χ0) is 16.9. The Kier molecular flexibility index (Phi) is 5.08. The van der Waals surface area contributed by atoms with E-state index in [1.165, 1.54) is 16.8 Å². The van der Waals surface area contributed by atoms with Gasteiger partial charge in [-0.25, -0.2) is 0 Å². The third-order valence-corrected chi connectivity index (χ3v) is 4.59. The second-order valence-corrected chi connectivity index (χ2v) is 6.60. The van der Waals surface area contributed by atoms with Crippen molar-refractivity contribution in [2.45, 2.75) is 0 Å². The number of ether oxygens (including phenoxy) is 1. The number of thiocarbonyl (C=S) groups is 1. The highest BCUT2D eigenvalue weighted by atomic mass is 32.2. The third-order valence-electron chi connectivity index (χ3n) is 3.31. The van der Waals surface area contributed by atoms with E-state index in [2.05, 4.69) is 5.10 Å². The van der Waals surface area contributed by atoms with Gasteiger partial charge in [0.2, 0.25) is 0 Å². The number of amides is 1. The predicted molar refractivity (Wildman–Crippen MR) is 102 cm³/mol. The maximum absolute atomic E-state index is 12.5. The molecule has 0 spiro atoms. The zero-order valence-corrected chi connectivity index (χ0v) is 14.5. The second-order valence-electron chi connectivity index (χ2n) is 4.92. The van der Waals surface area contributed by atoms with E-state index in [0.717, 1.165) is 16.9 Å². The van der Waals surface area contributed by atoms with Crippen LogP contribution in [-0.4, -0.2) is 28.6 Å². The molecule has 1 saturated heterocycles. The van der Waals surface area contributed by atoms with Gasteiger partial charge in [-0.05, 0) is 41.6 Å². The summed E-state index contributed by atoms with van der Waals surface area (Å²) < 4.78 is 5.55. The first-order chi connectivity index (χ1) is 11.7. The Bertz CT molecular complexity index is 815. The van der Waals surface area contributed by atoms with Gasteiger partial charge in [-0.3, -0.25) is 4.79 Å². The number of thioether (sulfide) groups is 1. The van der Waals surface area contributed by atoms with E-state index in [-0.39, 0.29) is 5.91 Å². The van der Waals surface area contributed by atoms with Crippen molar-refractivity contribution in [1.82, 2.24) is 5.01 Å². The Morgan fingerprint density at radius 1 is 1.08 bits per heavy atom. The minimum Gasteiger partial charge on any atom is -0.497 e. The Morgan fingerprint density at radius 2 is 1.79 bits per heavy atom. The molecule has 120 valence electrons. The monoisotopic (exact) mass is 354 g/mol. The van der Waals surface area contributed by atoms with Crippen LogP contribution in [-0.2, 0) is 4.79 Å². The fourth-order valence-corrected chi connectivity index (χ4v) is 3.25. The highest BCUT2D eigenvalue weighted by molar-refractivity contribution is 8.26. The van der Waals surface area contributed by atoms with Gasteiger partial charge in [0.1, 0.15) is 5.75 Å². The predicted octanol–water partition coefficient (Wildman–Crippen LogP) is 3.93. The lowest BCUT2D eigenvalue weighted by molar-refractivity contribution is -0.122. The number of hydrogen-bond donors (Lipinski definition) is 0. The molecule has 0 radical (unpaired) electrons. The summed E-state index contributed by atoms with van der Waals surface area (Å²) in [5.41, 5.74) is 1.81. The fraction of sp³-hybridized carbons (Fsp3) is 0.0556. The molecule has 0 atom stereocenters. The van der Waals surface area contributed by atoms with Gasteiger partial charge in [0, 0.05) is 0 Å². The number of hydrazone groups is 1. The lowest BCUT2D eigenvalue weighted by atomic mass is 10.2. The van der Waals surface area contributed by atoms with Crippen molar-refractivity contribution in [1.29, 1.82) is 0 Å². The molecule has 2 aromatic carbocycles. The highest BCUT2D eigenvalue weighted by Gasteiger charge is 2.31. The fourth-order valence-electron chi connectivity index (χ4n) is 2.07. The molecule has 2 aromatic rings. The van der Waals surface area contributed by atoms with E-state index >= 15 is 0 Å². The van der Waals surface area contributed by atoms with Gasteiger partial charge < -0.3 is 4.74 Å². The highest BCUT2D eigenvalue weighted by Crippen LogP contribution is 2.32. The topological polar surface area (TPSA) is 41.9 Å². The maximum atomic E-state index is 12.5. The van der Waals surface area contributed by atoms with Gasteiger partial charge in [0.25, 0.3) is 5.91 Å². The molecule has 3 rings (SSSR count). The smallest absolute Gasteiger partial charge is 0.286 e. The molecule has 0 aromatic heterocycles. The first kappa shape index (κ1) is 16.4. The van der Waals surface area contributed by atoms with Crippen molar-refractivity contribution in [2.75, 3.05) is 7.11 Å².